The van der Waals surface area contributed by atoms with Gasteiger partial charge in [-0.05, 0) is 68.4 Å². The van der Waals surface area contributed by atoms with Crippen LogP contribution in [0.3, 0.4) is 0 Å². The molecule has 0 saturated heterocycles. The van der Waals surface area contributed by atoms with Crippen LogP contribution in [0.4, 0.5) is 0 Å². The second-order valence-electron chi connectivity index (χ2n) is 12.4. The minimum atomic E-state index is 0.911. The van der Waals surface area contributed by atoms with Crippen molar-refractivity contribution in [1.29, 1.82) is 0 Å². The van der Waals surface area contributed by atoms with Gasteiger partial charge in [0.25, 0.3) is 0 Å². The van der Waals surface area contributed by atoms with Gasteiger partial charge >= 0.3 is 0 Å². The first-order chi connectivity index (χ1) is 23.3. The third kappa shape index (κ3) is 3.39. The van der Waals surface area contributed by atoms with E-state index in [-0.39, 0.29) is 0 Å². The van der Waals surface area contributed by atoms with Gasteiger partial charge in [-0.2, -0.15) is 0 Å². The quantitative estimate of drug-likeness (QED) is 0.181. The van der Waals surface area contributed by atoms with Crippen LogP contribution in [0.2, 0.25) is 0 Å². The number of benzene rings is 8. The zero-order valence-electron chi connectivity index (χ0n) is 25.1. The maximum atomic E-state index is 6.50. The van der Waals surface area contributed by atoms with E-state index in [9.17, 15) is 0 Å². The summed E-state index contributed by atoms with van der Waals surface area (Å²) in [6.45, 7) is 0. The Labute approximate surface area is 272 Å². The van der Waals surface area contributed by atoms with Gasteiger partial charge in [0.2, 0.25) is 0 Å². The minimum Gasteiger partial charge on any atom is -0.464 e. The lowest BCUT2D eigenvalue weighted by Crippen LogP contribution is -1.92. The monoisotopic (exact) mass is 616 g/mol. The van der Waals surface area contributed by atoms with Gasteiger partial charge in [0.05, 0.1) is 6.26 Å². The van der Waals surface area contributed by atoms with E-state index in [0.29, 0.717) is 0 Å². The predicted molar refractivity (Wildman–Crippen MR) is 200 cm³/mol. The molecule has 3 aromatic heterocycles. The summed E-state index contributed by atoms with van der Waals surface area (Å²) in [5.41, 5.74) is 7.62. The van der Waals surface area contributed by atoms with Gasteiger partial charge in [0.1, 0.15) is 16.7 Å². The van der Waals surface area contributed by atoms with Gasteiger partial charge in [-0.1, -0.05) is 109 Å². The number of furan rings is 2. The molecule has 0 aliphatic heterocycles. The Hall–Kier alpha value is -5.90. The summed E-state index contributed by atoms with van der Waals surface area (Å²) < 4.78 is 15.4. The Morgan fingerprint density at radius 1 is 0.404 bits per heavy atom. The maximum Gasteiger partial charge on any atom is 0.143 e. The first-order valence-corrected chi connectivity index (χ1v) is 16.7. The van der Waals surface area contributed by atoms with E-state index in [1.54, 1.807) is 0 Å². The predicted octanol–water partition coefficient (Wildman–Crippen LogP) is 13.5. The first-order valence-electron chi connectivity index (χ1n) is 15.9. The average Bonchev–Trinajstić information content (AvgIpc) is 3.85. The molecule has 0 aliphatic carbocycles. The lowest BCUT2D eigenvalue weighted by molar-refractivity contribution is 0.617. The number of hydrogen-bond donors (Lipinski definition) is 0. The van der Waals surface area contributed by atoms with Crippen LogP contribution in [0.5, 0.6) is 0 Å². The van der Waals surface area contributed by atoms with Crippen LogP contribution in [0, 0.1) is 0 Å². The summed E-state index contributed by atoms with van der Waals surface area (Å²) in [6, 6.07) is 50.3. The van der Waals surface area contributed by atoms with Gasteiger partial charge in [-0.25, -0.2) is 0 Å². The summed E-state index contributed by atoms with van der Waals surface area (Å²) in [5.74, 6) is 0. The molecule has 218 valence electrons. The third-order valence-electron chi connectivity index (χ3n) is 9.92. The minimum absolute atomic E-state index is 0.911. The lowest BCUT2D eigenvalue weighted by Gasteiger charge is -2.19. The van der Waals surface area contributed by atoms with Crippen molar-refractivity contribution in [1.82, 2.24) is 0 Å². The van der Waals surface area contributed by atoms with E-state index in [2.05, 4.69) is 133 Å². The SMILES string of the molecule is c1ccc2c(c1)oc1c3ccccc3c(-c3c4ccccc4c(-c4c5occc5cc5c4sc4ccccc45)c4ccccc34)cc21. The van der Waals surface area contributed by atoms with Crippen molar-refractivity contribution in [3.8, 4) is 22.3 Å². The van der Waals surface area contributed by atoms with Crippen molar-refractivity contribution in [2.75, 3.05) is 0 Å². The molecule has 0 fully saturated rings. The lowest BCUT2D eigenvalue weighted by atomic mass is 9.83. The van der Waals surface area contributed by atoms with Crippen LogP contribution in [0.15, 0.2) is 155 Å². The molecule has 0 saturated carbocycles. The normalized spacial score (nSPS) is 12.3. The molecule has 3 heterocycles. The Morgan fingerprint density at radius 2 is 1.00 bits per heavy atom. The highest BCUT2D eigenvalue weighted by molar-refractivity contribution is 7.26. The molecule has 3 heteroatoms. The molecule has 0 N–H and O–H groups in total. The van der Waals surface area contributed by atoms with Crippen LogP contribution >= 0.6 is 11.3 Å². The highest BCUT2D eigenvalue weighted by atomic mass is 32.1. The second kappa shape index (κ2) is 9.32. The zero-order valence-corrected chi connectivity index (χ0v) is 25.9. The largest absolute Gasteiger partial charge is 0.464 e. The number of thiophene rings is 1. The summed E-state index contributed by atoms with van der Waals surface area (Å²) in [6.07, 6.45) is 1.83. The Morgan fingerprint density at radius 3 is 1.74 bits per heavy atom. The molecule has 11 rings (SSSR count). The molecular formula is C44H24O2S. The Bertz CT molecular complexity index is 3020. The highest BCUT2D eigenvalue weighted by Crippen LogP contribution is 2.52. The van der Waals surface area contributed by atoms with Gasteiger partial charge in [0.15, 0.2) is 0 Å². The van der Waals surface area contributed by atoms with E-state index in [4.69, 9.17) is 8.83 Å². The van der Waals surface area contributed by atoms with Crippen molar-refractivity contribution in [3.63, 3.8) is 0 Å². The molecule has 11 aromatic rings. The van der Waals surface area contributed by atoms with E-state index < -0.39 is 0 Å². The fourth-order valence-corrected chi connectivity index (χ4v) is 9.19. The van der Waals surface area contributed by atoms with E-state index >= 15 is 0 Å². The van der Waals surface area contributed by atoms with Crippen LogP contribution in [-0.2, 0) is 0 Å². The molecule has 8 aromatic carbocycles. The van der Waals surface area contributed by atoms with Gasteiger partial charge < -0.3 is 8.83 Å². The Balaban J connectivity index is 1.35. The van der Waals surface area contributed by atoms with Crippen LogP contribution in [0.25, 0.3) is 108 Å². The van der Waals surface area contributed by atoms with Gasteiger partial charge in [-0.15, -0.1) is 11.3 Å². The molecule has 47 heavy (non-hydrogen) atoms. The Kier molecular flexibility index (Phi) is 5.02. The van der Waals surface area contributed by atoms with E-state index in [1.807, 2.05) is 23.7 Å². The molecular weight excluding hydrogens is 593 g/mol. The maximum absolute atomic E-state index is 6.50. The first kappa shape index (κ1) is 25.3. The number of hydrogen-bond acceptors (Lipinski definition) is 3. The molecule has 2 nitrogen and oxygen atoms in total. The highest BCUT2D eigenvalue weighted by Gasteiger charge is 2.24. The second-order valence-corrected chi connectivity index (χ2v) is 13.4. The van der Waals surface area contributed by atoms with Crippen LogP contribution in [0.1, 0.15) is 0 Å². The third-order valence-corrected chi connectivity index (χ3v) is 11.1. The number of rotatable bonds is 2. The van der Waals surface area contributed by atoms with Crippen LogP contribution in [-0.4, -0.2) is 0 Å². The molecule has 0 atom stereocenters. The standard InChI is InChI=1S/C44H24O2S/c1-6-18-33-26(11-1)34(24-35-27-12-7-9-19-37(27)46-43(33)35)39-29-14-2-4-16-31(29)40(32-17-5-3-15-30(32)39)41-42-25(21-22-45-42)23-36-28-13-8-10-20-38(28)47-44(36)41/h1-24H. The van der Waals surface area contributed by atoms with Crippen molar-refractivity contribution < 1.29 is 8.83 Å². The molecule has 0 radical (unpaired) electrons. The molecule has 0 unspecified atom stereocenters. The topological polar surface area (TPSA) is 26.3 Å². The van der Waals surface area contributed by atoms with Crippen molar-refractivity contribution >= 4 is 96.7 Å². The zero-order chi connectivity index (χ0) is 30.6. The van der Waals surface area contributed by atoms with Crippen molar-refractivity contribution in [3.05, 3.63) is 146 Å². The smallest absolute Gasteiger partial charge is 0.143 e. The summed E-state index contributed by atoms with van der Waals surface area (Å²) >= 11 is 1.85. The van der Waals surface area contributed by atoms with Crippen molar-refractivity contribution in [2.24, 2.45) is 0 Å². The summed E-state index contributed by atoms with van der Waals surface area (Å²) in [4.78, 5) is 0. The fourth-order valence-electron chi connectivity index (χ4n) is 7.96. The van der Waals surface area contributed by atoms with E-state index in [1.165, 1.54) is 69.4 Å². The summed E-state index contributed by atoms with van der Waals surface area (Å²) in [5, 5.41) is 13.1. The summed E-state index contributed by atoms with van der Waals surface area (Å²) in [7, 11) is 0. The molecule has 0 aliphatic rings. The fraction of sp³-hybridized carbons (Fsp3) is 0. The molecule has 0 spiro atoms. The van der Waals surface area contributed by atoms with Crippen LogP contribution < -0.4 is 0 Å². The van der Waals surface area contributed by atoms with Gasteiger partial charge in [0, 0.05) is 52.8 Å². The van der Waals surface area contributed by atoms with Gasteiger partial charge in [-0.3, -0.25) is 0 Å². The molecule has 0 amide bonds. The number of fused-ring (bicyclic) bond motifs is 11. The van der Waals surface area contributed by atoms with E-state index in [0.717, 1.165) is 38.3 Å². The average molecular weight is 617 g/mol. The number of para-hydroxylation sites is 1. The molecule has 0 bridgehead atoms. The van der Waals surface area contributed by atoms with Crippen molar-refractivity contribution in [2.45, 2.75) is 0 Å².